The quantitative estimate of drug-likeness (QED) is 0.625. The Labute approximate surface area is 176 Å². The number of hydrogen-bond acceptors (Lipinski definition) is 4. The molecular weight excluding hydrogens is 430 g/mol. The molecule has 4 rings (SSSR count). The molecule has 30 heavy (non-hydrogen) atoms. The molecule has 1 atom stereocenters. The topological polar surface area (TPSA) is 66.5 Å². The van der Waals surface area contributed by atoms with Crippen LogP contribution in [0.3, 0.4) is 0 Å². The summed E-state index contributed by atoms with van der Waals surface area (Å²) >= 11 is 1.40. The molecule has 1 heterocycles. The zero-order valence-corrected chi connectivity index (χ0v) is 17.1. The third kappa shape index (κ3) is 4.17. The number of anilines is 2. The highest BCUT2D eigenvalue weighted by Gasteiger charge is 2.34. The van der Waals surface area contributed by atoms with E-state index in [-0.39, 0.29) is 21.9 Å². The van der Waals surface area contributed by atoms with E-state index in [2.05, 4.69) is 4.72 Å². The van der Waals surface area contributed by atoms with Gasteiger partial charge in [-0.1, -0.05) is 12.1 Å². The van der Waals surface area contributed by atoms with Crippen LogP contribution in [0.5, 0.6) is 0 Å². The lowest BCUT2D eigenvalue weighted by molar-refractivity contribution is -0.115. The van der Waals surface area contributed by atoms with Crippen molar-refractivity contribution >= 4 is 39.1 Å². The molecule has 3 aromatic rings. The number of nitrogens with one attached hydrogen (secondary N) is 1. The van der Waals surface area contributed by atoms with E-state index in [1.54, 1.807) is 29.2 Å². The Morgan fingerprint density at radius 2 is 1.57 bits per heavy atom. The van der Waals surface area contributed by atoms with Crippen molar-refractivity contribution in [3.8, 4) is 0 Å². The van der Waals surface area contributed by atoms with Gasteiger partial charge in [0.25, 0.3) is 10.0 Å². The molecule has 0 saturated carbocycles. The number of sulfonamides is 1. The molecule has 0 radical (unpaired) electrons. The molecule has 1 fully saturated rings. The van der Waals surface area contributed by atoms with Gasteiger partial charge in [0, 0.05) is 11.4 Å². The van der Waals surface area contributed by atoms with Gasteiger partial charge in [-0.15, -0.1) is 11.8 Å². The first-order valence-corrected chi connectivity index (χ1v) is 11.4. The highest BCUT2D eigenvalue weighted by molar-refractivity contribution is 8.00. The fraction of sp³-hybridized carbons (Fsp3) is 0.0952. The average Bonchev–Trinajstić information content (AvgIpc) is 3.10. The Morgan fingerprint density at radius 1 is 0.933 bits per heavy atom. The fourth-order valence-electron chi connectivity index (χ4n) is 3.14. The zero-order valence-electron chi connectivity index (χ0n) is 15.5. The summed E-state index contributed by atoms with van der Waals surface area (Å²) in [6.45, 7) is 0. The van der Waals surface area contributed by atoms with Crippen molar-refractivity contribution in [2.24, 2.45) is 0 Å². The normalized spacial score (nSPS) is 16.7. The smallest absolute Gasteiger partial charge is 0.261 e. The Bertz CT molecular complexity index is 1180. The van der Waals surface area contributed by atoms with Gasteiger partial charge < -0.3 is 0 Å². The summed E-state index contributed by atoms with van der Waals surface area (Å²) in [6.07, 6.45) is 0. The van der Waals surface area contributed by atoms with Crippen LogP contribution >= 0.6 is 11.8 Å². The van der Waals surface area contributed by atoms with E-state index in [1.165, 1.54) is 48.2 Å². The lowest BCUT2D eigenvalue weighted by Crippen LogP contribution is -2.27. The molecule has 0 spiro atoms. The molecule has 0 aliphatic carbocycles. The molecule has 0 aromatic heterocycles. The number of benzene rings is 3. The van der Waals surface area contributed by atoms with Crippen LogP contribution in [-0.2, 0) is 14.8 Å². The van der Waals surface area contributed by atoms with Crippen LogP contribution in [0.4, 0.5) is 20.2 Å². The van der Waals surface area contributed by atoms with Crippen molar-refractivity contribution in [1.82, 2.24) is 0 Å². The number of nitrogens with zero attached hydrogens (tertiary/aromatic N) is 1. The van der Waals surface area contributed by atoms with Crippen LogP contribution in [0, 0.1) is 11.6 Å². The van der Waals surface area contributed by atoms with Crippen molar-refractivity contribution < 1.29 is 22.0 Å². The predicted molar refractivity (Wildman–Crippen MR) is 113 cm³/mol. The van der Waals surface area contributed by atoms with E-state index < -0.39 is 21.7 Å². The highest BCUT2D eigenvalue weighted by atomic mass is 32.2. The molecule has 1 aliphatic heterocycles. The first-order chi connectivity index (χ1) is 14.3. The van der Waals surface area contributed by atoms with Gasteiger partial charge in [-0.2, -0.15) is 0 Å². The third-order valence-corrected chi connectivity index (χ3v) is 7.13. The van der Waals surface area contributed by atoms with Crippen molar-refractivity contribution in [3.63, 3.8) is 0 Å². The van der Waals surface area contributed by atoms with Crippen LogP contribution in [-0.4, -0.2) is 20.1 Å². The zero-order chi connectivity index (χ0) is 21.3. The standard InChI is InChI=1S/C21H16F2N2O3S2/c22-15-4-8-18(9-5-15)25-20(26)13-29-21(25)14-2-1-3-17(12-14)24-30(27,28)19-10-6-16(23)7-11-19/h1-12,21,24H,13H2/t21-/m1/s1. The Kier molecular flexibility index (Phi) is 5.48. The van der Waals surface area contributed by atoms with Crippen molar-refractivity contribution in [3.05, 3.63) is 90.0 Å². The van der Waals surface area contributed by atoms with Crippen LogP contribution < -0.4 is 9.62 Å². The summed E-state index contributed by atoms with van der Waals surface area (Å²) in [5.41, 5.74) is 1.60. The van der Waals surface area contributed by atoms with E-state index in [0.29, 0.717) is 11.4 Å². The molecule has 5 nitrogen and oxygen atoms in total. The highest BCUT2D eigenvalue weighted by Crippen LogP contribution is 2.42. The van der Waals surface area contributed by atoms with Crippen molar-refractivity contribution in [1.29, 1.82) is 0 Å². The largest absolute Gasteiger partial charge is 0.295 e. The average molecular weight is 447 g/mol. The number of thioether (sulfide) groups is 1. The van der Waals surface area contributed by atoms with Gasteiger partial charge >= 0.3 is 0 Å². The molecule has 0 unspecified atom stereocenters. The SMILES string of the molecule is O=C1CS[C@H](c2cccc(NS(=O)(=O)c3ccc(F)cc3)c2)N1c1ccc(F)cc1. The molecule has 1 amide bonds. The second kappa shape index (κ2) is 8.08. The first-order valence-electron chi connectivity index (χ1n) is 8.91. The van der Waals surface area contributed by atoms with Gasteiger partial charge in [0.05, 0.1) is 10.6 Å². The van der Waals surface area contributed by atoms with E-state index >= 15 is 0 Å². The molecule has 1 N–H and O–H groups in total. The van der Waals surface area contributed by atoms with Gasteiger partial charge in [-0.3, -0.25) is 14.4 Å². The van der Waals surface area contributed by atoms with Gasteiger partial charge in [0.2, 0.25) is 5.91 Å². The number of hydrogen-bond donors (Lipinski definition) is 1. The number of rotatable bonds is 5. The maximum atomic E-state index is 13.3. The van der Waals surface area contributed by atoms with E-state index in [0.717, 1.165) is 17.7 Å². The van der Waals surface area contributed by atoms with Gasteiger partial charge in [0.15, 0.2) is 0 Å². The lowest BCUT2D eigenvalue weighted by Gasteiger charge is -2.24. The summed E-state index contributed by atoms with van der Waals surface area (Å²) in [7, 11) is -3.90. The number of amides is 1. The number of carbonyl (C=O) groups excluding carboxylic acids is 1. The minimum Gasteiger partial charge on any atom is -0.295 e. The number of halogens is 2. The van der Waals surface area contributed by atoms with Crippen molar-refractivity contribution in [2.45, 2.75) is 10.3 Å². The minimum atomic E-state index is -3.90. The second-order valence-corrected chi connectivity index (χ2v) is 9.34. The maximum Gasteiger partial charge on any atom is 0.261 e. The first kappa shape index (κ1) is 20.4. The minimum absolute atomic E-state index is 0.0624. The summed E-state index contributed by atoms with van der Waals surface area (Å²) in [5.74, 6) is -0.784. The molecule has 0 bridgehead atoms. The molecule has 3 aromatic carbocycles. The van der Waals surface area contributed by atoms with Crippen LogP contribution in [0.15, 0.2) is 77.7 Å². The molecule has 154 valence electrons. The third-order valence-electron chi connectivity index (χ3n) is 4.52. The monoisotopic (exact) mass is 446 g/mol. The van der Waals surface area contributed by atoms with E-state index in [9.17, 15) is 22.0 Å². The Balaban J connectivity index is 1.62. The Hall–Kier alpha value is -2.91. The van der Waals surface area contributed by atoms with Crippen molar-refractivity contribution in [2.75, 3.05) is 15.4 Å². The predicted octanol–water partition coefficient (Wildman–Crippen LogP) is 4.54. The van der Waals surface area contributed by atoms with E-state index in [4.69, 9.17) is 0 Å². The van der Waals surface area contributed by atoms with E-state index in [1.807, 2.05) is 0 Å². The summed E-state index contributed by atoms with van der Waals surface area (Å²) < 4.78 is 54.0. The van der Waals surface area contributed by atoms with Gasteiger partial charge in [-0.25, -0.2) is 17.2 Å². The van der Waals surface area contributed by atoms with Crippen LogP contribution in [0.2, 0.25) is 0 Å². The Morgan fingerprint density at radius 3 is 2.23 bits per heavy atom. The molecule has 1 aliphatic rings. The lowest BCUT2D eigenvalue weighted by atomic mass is 10.1. The summed E-state index contributed by atoms with van der Waals surface area (Å²) in [4.78, 5) is 13.9. The molecular formula is C21H16F2N2O3S2. The summed E-state index contributed by atoms with van der Waals surface area (Å²) in [6, 6.07) is 16.9. The number of carbonyl (C=O) groups is 1. The fourth-order valence-corrected chi connectivity index (χ4v) is 5.35. The van der Waals surface area contributed by atoms with Crippen LogP contribution in [0.25, 0.3) is 0 Å². The van der Waals surface area contributed by atoms with Gasteiger partial charge in [-0.05, 0) is 66.2 Å². The maximum absolute atomic E-state index is 13.3. The van der Waals surface area contributed by atoms with Gasteiger partial charge in [0.1, 0.15) is 17.0 Å². The molecule has 1 saturated heterocycles. The summed E-state index contributed by atoms with van der Waals surface area (Å²) in [5, 5.41) is -0.377. The van der Waals surface area contributed by atoms with Crippen LogP contribution in [0.1, 0.15) is 10.9 Å². The second-order valence-electron chi connectivity index (χ2n) is 6.59. The molecule has 9 heteroatoms.